The van der Waals surface area contributed by atoms with E-state index in [1.165, 1.54) is 22.9 Å². The van der Waals surface area contributed by atoms with Gasteiger partial charge in [-0.2, -0.15) is 18.3 Å². The first-order valence-corrected chi connectivity index (χ1v) is 10.7. The Kier molecular flexibility index (Phi) is 5.67. The Bertz CT molecular complexity index is 1110. The summed E-state index contributed by atoms with van der Waals surface area (Å²) >= 11 is 0. The number of carbonyl (C=O) groups excluding carboxylic acids is 3. The minimum Gasteiger partial charge on any atom is -0.323 e. The zero-order chi connectivity index (χ0) is 24.0. The molecule has 2 heterocycles. The first-order chi connectivity index (χ1) is 15.5. The van der Waals surface area contributed by atoms with Crippen LogP contribution in [-0.4, -0.2) is 44.6 Å². The lowest BCUT2D eigenvalue weighted by molar-refractivity contribution is -0.137. The monoisotopic (exact) mass is 463 g/mol. The fraction of sp³-hybridized carbons (Fsp3) is 0.455. The van der Waals surface area contributed by atoms with Crippen molar-refractivity contribution < 1.29 is 27.6 Å². The molecule has 1 aliphatic heterocycles. The summed E-state index contributed by atoms with van der Waals surface area (Å²) in [5.74, 6) is -0.991. The summed E-state index contributed by atoms with van der Waals surface area (Å²) < 4.78 is 40.5. The average Bonchev–Trinajstić information content (AvgIpc) is 3.22. The van der Waals surface area contributed by atoms with Gasteiger partial charge in [-0.3, -0.25) is 14.5 Å². The van der Waals surface area contributed by atoms with Crippen LogP contribution in [0.25, 0.3) is 5.69 Å². The largest absolute Gasteiger partial charge is 0.416 e. The molecule has 0 radical (unpaired) electrons. The molecule has 4 amide bonds. The zero-order valence-electron chi connectivity index (χ0n) is 18.2. The quantitative estimate of drug-likeness (QED) is 0.677. The van der Waals surface area contributed by atoms with Gasteiger partial charge in [0.15, 0.2) is 0 Å². The highest BCUT2D eigenvalue weighted by atomic mass is 19.4. The molecule has 2 aromatic rings. The number of hydrogen-bond donors (Lipinski definition) is 2. The molecule has 1 aromatic heterocycles. The Balaban J connectivity index is 1.53. The van der Waals surface area contributed by atoms with Gasteiger partial charge in [-0.25, -0.2) is 9.48 Å². The molecule has 1 spiro atoms. The van der Waals surface area contributed by atoms with Gasteiger partial charge in [-0.05, 0) is 43.9 Å². The number of amides is 4. The smallest absolute Gasteiger partial charge is 0.323 e. The molecule has 1 aromatic carbocycles. The van der Waals surface area contributed by atoms with Gasteiger partial charge in [-0.1, -0.05) is 25.8 Å². The third-order valence-corrected chi connectivity index (χ3v) is 6.32. The van der Waals surface area contributed by atoms with E-state index in [0.717, 1.165) is 36.3 Å². The lowest BCUT2D eigenvalue weighted by Gasteiger charge is -2.36. The number of nitrogens with one attached hydrogen (secondary N) is 2. The van der Waals surface area contributed by atoms with Gasteiger partial charge in [0.05, 0.1) is 16.9 Å². The van der Waals surface area contributed by atoms with Gasteiger partial charge in [0.1, 0.15) is 17.9 Å². The van der Waals surface area contributed by atoms with Crippen LogP contribution in [0, 0.1) is 12.8 Å². The summed E-state index contributed by atoms with van der Waals surface area (Å²) in [6.45, 7) is 3.04. The number of halogens is 3. The first-order valence-electron chi connectivity index (χ1n) is 10.7. The molecule has 1 saturated heterocycles. The number of benzene rings is 1. The van der Waals surface area contributed by atoms with E-state index in [1.54, 1.807) is 6.92 Å². The molecule has 0 bridgehead atoms. The van der Waals surface area contributed by atoms with Crippen molar-refractivity contribution in [2.45, 2.75) is 51.2 Å². The average molecular weight is 463 g/mol. The van der Waals surface area contributed by atoms with E-state index < -0.39 is 41.7 Å². The minimum atomic E-state index is -4.53. The van der Waals surface area contributed by atoms with E-state index >= 15 is 0 Å². The van der Waals surface area contributed by atoms with Crippen molar-refractivity contribution in [3.8, 4) is 5.69 Å². The maximum atomic E-state index is 13.1. The fourth-order valence-corrected chi connectivity index (χ4v) is 4.56. The number of alkyl halides is 3. The number of hydrogen-bond acceptors (Lipinski definition) is 4. The van der Waals surface area contributed by atoms with Crippen LogP contribution in [0.2, 0.25) is 0 Å². The van der Waals surface area contributed by atoms with Crippen LogP contribution < -0.4 is 10.6 Å². The van der Waals surface area contributed by atoms with Crippen LogP contribution in [0.15, 0.2) is 30.3 Å². The molecule has 8 nitrogen and oxygen atoms in total. The van der Waals surface area contributed by atoms with Crippen molar-refractivity contribution in [3.63, 3.8) is 0 Å². The van der Waals surface area contributed by atoms with E-state index in [2.05, 4.69) is 15.7 Å². The number of urea groups is 1. The van der Waals surface area contributed by atoms with Crippen molar-refractivity contribution in [2.75, 3.05) is 11.9 Å². The number of imide groups is 1. The maximum absolute atomic E-state index is 13.1. The number of aromatic nitrogens is 2. The van der Waals surface area contributed by atoms with Crippen molar-refractivity contribution in [2.24, 2.45) is 5.92 Å². The van der Waals surface area contributed by atoms with Crippen molar-refractivity contribution in [3.05, 3.63) is 41.6 Å². The van der Waals surface area contributed by atoms with Crippen LogP contribution in [-0.2, 0) is 15.8 Å². The number of nitrogens with zero attached hydrogens (tertiary/aromatic N) is 3. The van der Waals surface area contributed by atoms with Crippen molar-refractivity contribution in [1.82, 2.24) is 20.0 Å². The van der Waals surface area contributed by atoms with Gasteiger partial charge in [0.25, 0.3) is 5.91 Å². The Hall–Kier alpha value is -3.37. The SMILES string of the molecule is Cc1cc(NC(=O)CN2C(=O)NC3(CCCCC3C)C2=O)n(-c2cccc(C(F)(F)F)c2)n1. The maximum Gasteiger partial charge on any atom is 0.416 e. The Labute approximate surface area is 188 Å². The normalized spacial score (nSPS) is 23.2. The molecule has 2 N–H and O–H groups in total. The molecule has 33 heavy (non-hydrogen) atoms. The highest BCUT2D eigenvalue weighted by Crippen LogP contribution is 2.38. The second kappa shape index (κ2) is 8.20. The van der Waals surface area contributed by atoms with E-state index in [0.29, 0.717) is 12.1 Å². The number of aryl methyl sites for hydroxylation is 1. The van der Waals surface area contributed by atoms with Crippen LogP contribution in [0.3, 0.4) is 0 Å². The van der Waals surface area contributed by atoms with Crippen LogP contribution in [0.5, 0.6) is 0 Å². The molecule has 2 unspecified atom stereocenters. The van der Waals surface area contributed by atoms with Crippen molar-refractivity contribution in [1.29, 1.82) is 0 Å². The van der Waals surface area contributed by atoms with Crippen LogP contribution in [0.1, 0.15) is 43.9 Å². The van der Waals surface area contributed by atoms with E-state index in [9.17, 15) is 27.6 Å². The summed E-state index contributed by atoms with van der Waals surface area (Å²) in [5, 5.41) is 9.52. The Morgan fingerprint density at radius 3 is 2.73 bits per heavy atom. The van der Waals surface area contributed by atoms with Crippen LogP contribution in [0.4, 0.5) is 23.8 Å². The summed E-state index contributed by atoms with van der Waals surface area (Å²) in [6.07, 6.45) is -1.41. The summed E-state index contributed by atoms with van der Waals surface area (Å²) in [5.41, 5.74) is -1.26. The first kappa shape index (κ1) is 22.8. The van der Waals surface area contributed by atoms with Gasteiger partial charge in [0.2, 0.25) is 5.91 Å². The van der Waals surface area contributed by atoms with Crippen molar-refractivity contribution >= 4 is 23.7 Å². The molecule has 1 saturated carbocycles. The molecule has 2 atom stereocenters. The van der Waals surface area contributed by atoms with E-state index in [1.807, 2.05) is 6.92 Å². The fourth-order valence-electron chi connectivity index (χ4n) is 4.56. The highest BCUT2D eigenvalue weighted by molar-refractivity contribution is 6.10. The third-order valence-electron chi connectivity index (χ3n) is 6.32. The topological polar surface area (TPSA) is 96.3 Å². The Morgan fingerprint density at radius 2 is 2.03 bits per heavy atom. The number of anilines is 1. The van der Waals surface area contributed by atoms with E-state index in [-0.39, 0.29) is 17.4 Å². The second-order valence-corrected chi connectivity index (χ2v) is 8.62. The molecule has 4 rings (SSSR count). The summed E-state index contributed by atoms with van der Waals surface area (Å²) in [4.78, 5) is 39.2. The molecular weight excluding hydrogens is 439 g/mol. The highest BCUT2D eigenvalue weighted by Gasteiger charge is 2.55. The van der Waals surface area contributed by atoms with Gasteiger partial charge in [0, 0.05) is 6.07 Å². The molecular formula is C22H24F3N5O3. The number of rotatable bonds is 4. The van der Waals surface area contributed by atoms with Gasteiger partial charge < -0.3 is 10.6 Å². The zero-order valence-corrected chi connectivity index (χ0v) is 18.2. The molecule has 1 aliphatic carbocycles. The predicted molar refractivity (Wildman–Crippen MR) is 113 cm³/mol. The summed E-state index contributed by atoms with van der Waals surface area (Å²) in [7, 11) is 0. The second-order valence-electron chi connectivity index (χ2n) is 8.62. The lowest BCUT2D eigenvalue weighted by Crippen LogP contribution is -2.54. The third kappa shape index (κ3) is 4.19. The van der Waals surface area contributed by atoms with Crippen LogP contribution >= 0.6 is 0 Å². The standard InChI is InChI=1S/C22H24F3N5O3/c1-13-6-3-4-9-21(13)19(32)29(20(33)27-21)12-18(31)26-17-10-14(2)28-30(17)16-8-5-7-15(11-16)22(23,24)25/h5,7-8,10-11,13H,3-4,6,9,12H2,1-2H3,(H,26,31)(H,27,33). The molecule has 2 aliphatic rings. The minimum absolute atomic E-state index is 0.0410. The Morgan fingerprint density at radius 1 is 1.27 bits per heavy atom. The predicted octanol–water partition coefficient (Wildman–Crippen LogP) is 3.64. The summed E-state index contributed by atoms with van der Waals surface area (Å²) in [6, 6.07) is 5.42. The molecule has 176 valence electrons. The van der Waals surface area contributed by atoms with Gasteiger partial charge >= 0.3 is 12.2 Å². The lowest BCUT2D eigenvalue weighted by atomic mass is 9.73. The molecule has 2 fully saturated rings. The van der Waals surface area contributed by atoms with Gasteiger partial charge in [-0.15, -0.1) is 0 Å². The number of carbonyl (C=O) groups is 3. The molecule has 11 heteroatoms. The van der Waals surface area contributed by atoms with E-state index in [4.69, 9.17) is 0 Å².